The highest BCUT2D eigenvalue weighted by Crippen LogP contribution is 2.36. The monoisotopic (exact) mass is 507 g/mol. The first-order chi connectivity index (χ1) is 18.0. The quantitative estimate of drug-likeness (QED) is 0.306. The van der Waals surface area contributed by atoms with Crippen LogP contribution in [-0.2, 0) is 0 Å². The summed E-state index contributed by atoms with van der Waals surface area (Å²) >= 11 is 1.28. The normalized spacial score (nSPS) is 10.6. The lowest BCUT2D eigenvalue weighted by Crippen LogP contribution is -2.14. The van der Waals surface area contributed by atoms with Crippen molar-refractivity contribution in [3.8, 4) is 40.0 Å². The molecule has 3 heterocycles. The average molecular weight is 508 g/mol. The maximum Gasteiger partial charge on any atom is 0.259 e. The Bertz CT molecular complexity index is 1670. The molecule has 2 aromatic carbocycles. The molecule has 0 spiro atoms. The topological polar surface area (TPSA) is 110 Å². The van der Waals surface area contributed by atoms with Crippen LogP contribution in [0.25, 0.3) is 32.7 Å². The molecule has 3 aromatic heterocycles. The largest absolute Gasteiger partial charge is 0.497 e. The van der Waals surface area contributed by atoms with E-state index in [0.717, 1.165) is 22.5 Å². The number of carbonyl (C=O) groups excluding carboxylic acids is 1. The molecule has 0 radical (unpaired) electrons. The van der Waals surface area contributed by atoms with Crippen molar-refractivity contribution in [3.05, 3.63) is 83.7 Å². The zero-order chi connectivity index (χ0) is 25.9. The number of aromatic nitrogens is 3. The number of amides is 1. The molecule has 5 rings (SSSR count). The Balaban J connectivity index is 1.47. The van der Waals surface area contributed by atoms with Crippen LogP contribution in [0.2, 0.25) is 0 Å². The number of thiazole rings is 1. The second-order valence-corrected chi connectivity index (χ2v) is 9.10. The van der Waals surface area contributed by atoms with Gasteiger partial charge in [0.25, 0.3) is 5.91 Å². The van der Waals surface area contributed by atoms with Crippen molar-refractivity contribution in [2.24, 2.45) is 0 Å². The molecule has 1 N–H and O–H groups in total. The SMILES string of the molecule is COc1ccc(OC)c(-c2cc(C)ncc2C(=O)Nc2nc3ccc(-c4ccc(C#N)cc4)nc3s2)c1. The first-order valence-electron chi connectivity index (χ1n) is 11.3. The molecule has 9 heteroatoms. The van der Waals surface area contributed by atoms with E-state index < -0.39 is 0 Å². The predicted octanol–water partition coefficient (Wildman–Crippen LogP) is 5.87. The lowest BCUT2D eigenvalue weighted by molar-refractivity contribution is 0.102. The number of methoxy groups -OCH3 is 2. The highest BCUT2D eigenvalue weighted by molar-refractivity contribution is 7.22. The van der Waals surface area contributed by atoms with E-state index in [4.69, 9.17) is 19.7 Å². The standard InChI is InChI=1S/C28H21N5O3S/c1-16-12-20(21-13-19(35-2)8-11-25(21)36-3)22(15-30-16)26(34)33-28-32-24-10-9-23(31-27(24)37-28)18-6-4-17(14-29)5-7-18/h4-13,15H,1-3H3,(H,32,33,34). The van der Waals surface area contributed by atoms with Crippen molar-refractivity contribution in [3.63, 3.8) is 0 Å². The molecule has 37 heavy (non-hydrogen) atoms. The molecule has 1 amide bonds. The van der Waals surface area contributed by atoms with Crippen LogP contribution in [0, 0.1) is 18.3 Å². The molecule has 0 aliphatic heterocycles. The lowest BCUT2D eigenvalue weighted by Gasteiger charge is -2.14. The van der Waals surface area contributed by atoms with Gasteiger partial charge in [-0.25, -0.2) is 9.97 Å². The van der Waals surface area contributed by atoms with E-state index in [1.807, 2.05) is 43.3 Å². The van der Waals surface area contributed by atoms with Crippen molar-refractivity contribution in [1.82, 2.24) is 15.0 Å². The molecule has 0 saturated carbocycles. The number of fused-ring (bicyclic) bond motifs is 1. The number of pyridine rings is 2. The molecule has 0 unspecified atom stereocenters. The zero-order valence-corrected chi connectivity index (χ0v) is 21.1. The van der Waals surface area contributed by atoms with Crippen LogP contribution in [0.15, 0.2) is 66.9 Å². The summed E-state index contributed by atoms with van der Waals surface area (Å²) in [6, 6.07) is 20.3. The Kier molecular flexibility index (Phi) is 6.49. The summed E-state index contributed by atoms with van der Waals surface area (Å²) in [5.74, 6) is 0.908. The van der Waals surface area contributed by atoms with Crippen LogP contribution < -0.4 is 14.8 Å². The minimum Gasteiger partial charge on any atom is -0.497 e. The van der Waals surface area contributed by atoms with Crippen molar-refractivity contribution in [1.29, 1.82) is 5.26 Å². The minimum absolute atomic E-state index is 0.348. The summed E-state index contributed by atoms with van der Waals surface area (Å²) in [5, 5.41) is 12.3. The van der Waals surface area contributed by atoms with Gasteiger partial charge in [-0.3, -0.25) is 15.1 Å². The molecule has 182 valence electrons. The van der Waals surface area contributed by atoms with Crippen molar-refractivity contribution < 1.29 is 14.3 Å². The number of benzene rings is 2. The zero-order valence-electron chi connectivity index (χ0n) is 20.3. The van der Waals surface area contributed by atoms with Crippen LogP contribution >= 0.6 is 11.3 Å². The van der Waals surface area contributed by atoms with Gasteiger partial charge in [0.15, 0.2) is 5.13 Å². The van der Waals surface area contributed by atoms with E-state index >= 15 is 0 Å². The number of nitrogens with one attached hydrogen (secondary N) is 1. The maximum absolute atomic E-state index is 13.4. The third kappa shape index (κ3) is 4.83. The van der Waals surface area contributed by atoms with Crippen molar-refractivity contribution in [2.75, 3.05) is 19.5 Å². The van der Waals surface area contributed by atoms with Gasteiger partial charge in [-0.2, -0.15) is 5.26 Å². The highest BCUT2D eigenvalue weighted by Gasteiger charge is 2.19. The van der Waals surface area contributed by atoms with Gasteiger partial charge in [0, 0.05) is 28.6 Å². The van der Waals surface area contributed by atoms with Gasteiger partial charge in [-0.05, 0) is 55.5 Å². The number of nitrogens with zero attached hydrogens (tertiary/aromatic N) is 4. The first-order valence-corrected chi connectivity index (χ1v) is 12.1. The van der Waals surface area contributed by atoms with Gasteiger partial charge in [0.05, 0.1) is 37.1 Å². The Labute approximate surface area is 217 Å². The summed E-state index contributed by atoms with van der Waals surface area (Å²) in [7, 11) is 3.17. The molecular formula is C28H21N5O3S. The number of anilines is 1. The Morgan fingerprint density at radius 3 is 2.51 bits per heavy atom. The Hall–Kier alpha value is -4.81. The van der Waals surface area contributed by atoms with E-state index in [1.165, 1.54) is 11.3 Å². The fraction of sp³-hybridized carbons (Fsp3) is 0.107. The van der Waals surface area contributed by atoms with Gasteiger partial charge in [-0.1, -0.05) is 23.5 Å². The molecule has 0 atom stereocenters. The Morgan fingerprint density at radius 2 is 1.78 bits per heavy atom. The van der Waals surface area contributed by atoms with Gasteiger partial charge in [0.2, 0.25) is 0 Å². The van der Waals surface area contributed by atoms with Crippen LogP contribution in [0.4, 0.5) is 5.13 Å². The highest BCUT2D eigenvalue weighted by atomic mass is 32.1. The molecule has 8 nitrogen and oxygen atoms in total. The van der Waals surface area contributed by atoms with Gasteiger partial charge in [0.1, 0.15) is 21.8 Å². The smallest absolute Gasteiger partial charge is 0.259 e. The van der Waals surface area contributed by atoms with Gasteiger partial charge < -0.3 is 9.47 Å². The minimum atomic E-state index is -0.348. The average Bonchev–Trinajstić information content (AvgIpc) is 3.34. The molecule has 0 bridgehead atoms. The number of aryl methyl sites for hydroxylation is 1. The fourth-order valence-electron chi connectivity index (χ4n) is 3.90. The number of rotatable bonds is 6. The number of hydrogen-bond acceptors (Lipinski definition) is 8. The third-order valence-electron chi connectivity index (χ3n) is 5.77. The molecule has 5 aromatic rings. The number of carbonyl (C=O) groups is 1. The summed E-state index contributed by atoms with van der Waals surface area (Å²) in [6.07, 6.45) is 1.55. The lowest BCUT2D eigenvalue weighted by atomic mass is 9.99. The molecule has 0 aliphatic rings. The summed E-state index contributed by atoms with van der Waals surface area (Å²) in [4.78, 5) is 27.7. The van der Waals surface area contributed by atoms with Gasteiger partial charge in [-0.15, -0.1) is 0 Å². The summed E-state index contributed by atoms with van der Waals surface area (Å²) in [6.45, 7) is 1.86. The van der Waals surface area contributed by atoms with Crippen molar-refractivity contribution in [2.45, 2.75) is 6.92 Å². The maximum atomic E-state index is 13.4. The number of hydrogen-bond donors (Lipinski definition) is 1. The first kappa shape index (κ1) is 23.9. The van der Waals surface area contributed by atoms with E-state index in [9.17, 15) is 4.79 Å². The van der Waals surface area contributed by atoms with Crippen molar-refractivity contribution >= 4 is 32.7 Å². The molecule has 0 fully saturated rings. The fourth-order valence-corrected chi connectivity index (χ4v) is 4.73. The summed E-state index contributed by atoms with van der Waals surface area (Å²) < 4.78 is 10.9. The van der Waals surface area contributed by atoms with E-state index in [2.05, 4.69) is 21.4 Å². The van der Waals surface area contributed by atoms with Crippen LogP contribution in [0.3, 0.4) is 0 Å². The second-order valence-electron chi connectivity index (χ2n) is 8.12. The van der Waals surface area contributed by atoms with E-state index in [0.29, 0.717) is 43.7 Å². The molecule has 0 saturated heterocycles. The number of nitriles is 1. The van der Waals surface area contributed by atoms with E-state index in [-0.39, 0.29) is 5.91 Å². The molecular weight excluding hydrogens is 486 g/mol. The predicted molar refractivity (Wildman–Crippen MR) is 143 cm³/mol. The van der Waals surface area contributed by atoms with Crippen LogP contribution in [0.1, 0.15) is 21.6 Å². The van der Waals surface area contributed by atoms with E-state index in [1.54, 1.807) is 44.7 Å². The Morgan fingerprint density at radius 1 is 0.973 bits per heavy atom. The molecule has 0 aliphatic carbocycles. The summed E-state index contributed by atoms with van der Waals surface area (Å²) in [5.41, 5.74) is 5.44. The van der Waals surface area contributed by atoms with Crippen LogP contribution in [0.5, 0.6) is 11.5 Å². The third-order valence-corrected chi connectivity index (χ3v) is 6.65. The number of ether oxygens (including phenoxy) is 2. The van der Waals surface area contributed by atoms with Gasteiger partial charge >= 0.3 is 0 Å². The second kappa shape index (κ2) is 10.0. The van der Waals surface area contributed by atoms with Crippen LogP contribution in [-0.4, -0.2) is 35.1 Å².